The molecule has 0 saturated heterocycles. The van der Waals surface area contributed by atoms with Gasteiger partial charge in [-0.3, -0.25) is 4.79 Å². The van der Waals surface area contributed by atoms with E-state index >= 15 is 0 Å². The van der Waals surface area contributed by atoms with Crippen LogP contribution in [0.3, 0.4) is 0 Å². The zero-order chi connectivity index (χ0) is 15.4. The van der Waals surface area contributed by atoms with Crippen molar-refractivity contribution in [2.75, 3.05) is 0 Å². The third-order valence-corrected chi connectivity index (χ3v) is 3.79. The minimum Gasteiger partial charge on any atom is -0.334 e. The van der Waals surface area contributed by atoms with Crippen molar-refractivity contribution in [2.45, 2.75) is 58.4 Å². The van der Waals surface area contributed by atoms with Gasteiger partial charge in [-0.15, -0.1) is 0 Å². The van der Waals surface area contributed by atoms with E-state index in [1.165, 1.54) is 5.56 Å². The minimum absolute atomic E-state index is 0.0677. The standard InChI is InChI=1S/C17H24N2O/c1-6-17(7-2,12-18)19-15(20)13-8-10-14(11-9-13)16(3,4)5/h8-11H,6-7H2,1-5H3,(H,19,20). The Morgan fingerprint density at radius 2 is 1.65 bits per heavy atom. The summed E-state index contributed by atoms with van der Waals surface area (Å²) in [7, 11) is 0. The average Bonchev–Trinajstić information content (AvgIpc) is 2.44. The minimum atomic E-state index is -0.764. The molecule has 108 valence electrons. The first-order valence-corrected chi connectivity index (χ1v) is 7.12. The summed E-state index contributed by atoms with van der Waals surface area (Å²) in [5.41, 5.74) is 1.09. The monoisotopic (exact) mass is 272 g/mol. The molecule has 3 heteroatoms. The maximum absolute atomic E-state index is 12.2. The number of hydrogen-bond donors (Lipinski definition) is 1. The van der Waals surface area contributed by atoms with E-state index in [4.69, 9.17) is 0 Å². The van der Waals surface area contributed by atoms with Crippen LogP contribution in [0.1, 0.15) is 63.4 Å². The second-order valence-electron chi connectivity index (χ2n) is 6.18. The molecular weight excluding hydrogens is 248 g/mol. The Hall–Kier alpha value is -1.82. The summed E-state index contributed by atoms with van der Waals surface area (Å²) in [6.07, 6.45) is 1.21. The van der Waals surface area contributed by atoms with E-state index < -0.39 is 5.54 Å². The van der Waals surface area contributed by atoms with Crippen molar-refractivity contribution in [2.24, 2.45) is 0 Å². The van der Waals surface area contributed by atoms with Crippen LogP contribution >= 0.6 is 0 Å². The number of carbonyl (C=O) groups excluding carboxylic acids is 1. The fraction of sp³-hybridized carbons (Fsp3) is 0.529. The van der Waals surface area contributed by atoms with E-state index in [-0.39, 0.29) is 11.3 Å². The molecule has 0 unspecified atom stereocenters. The van der Waals surface area contributed by atoms with Gasteiger partial charge in [0.2, 0.25) is 0 Å². The van der Waals surface area contributed by atoms with Crippen molar-refractivity contribution in [3.63, 3.8) is 0 Å². The molecule has 0 aliphatic rings. The molecule has 20 heavy (non-hydrogen) atoms. The first-order chi connectivity index (χ1) is 9.28. The molecule has 1 N–H and O–H groups in total. The Bertz CT molecular complexity index is 499. The van der Waals surface area contributed by atoms with Crippen LogP contribution in [-0.4, -0.2) is 11.4 Å². The Morgan fingerprint density at radius 3 is 2.00 bits per heavy atom. The molecule has 0 radical (unpaired) electrons. The fourth-order valence-electron chi connectivity index (χ4n) is 2.02. The number of rotatable bonds is 4. The number of nitrogens with zero attached hydrogens (tertiary/aromatic N) is 1. The quantitative estimate of drug-likeness (QED) is 0.906. The number of hydrogen-bond acceptors (Lipinski definition) is 2. The first kappa shape index (κ1) is 16.2. The lowest BCUT2D eigenvalue weighted by Crippen LogP contribution is -2.46. The average molecular weight is 272 g/mol. The number of nitriles is 1. The van der Waals surface area contributed by atoms with Crippen molar-refractivity contribution in [1.82, 2.24) is 5.32 Å². The van der Waals surface area contributed by atoms with E-state index in [0.29, 0.717) is 18.4 Å². The van der Waals surface area contributed by atoms with Crippen molar-refractivity contribution in [1.29, 1.82) is 5.26 Å². The molecule has 0 aliphatic heterocycles. The maximum Gasteiger partial charge on any atom is 0.252 e. The summed E-state index contributed by atoms with van der Waals surface area (Å²) in [5.74, 6) is -0.185. The highest BCUT2D eigenvalue weighted by Crippen LogP contribution is 2.22. The fourth-order valence-corrected chi connectivity index (χ4v) is 2.02. The lowest BCUT2D eigenvalue weighted by atomic mass is 9.86. The summed E-state index contributed by atoms with van der Waals surface area (Å²) < 4.78 is 0. The summed E-state index contributed by atoms with van der Waals surface area (Å²) in [6.45, 7) is 10.2. The molecule has 0 heterocycles. The van der Waals surface area contributed by atoms with E-state index in [9.17, 15) is 10.1 Å². The number of amides is 1. The molecular formula is C17H24N2O. The highest BCUT2D eigenvalue weighted by atomic mass is 16.1. The number of carbonyl (C=O) groups is 1. The smallest absolute Gasteiger partial charge is 0.252 e. The molecule has 1 aromatic carbocycles. The molecule has 0 saturated carbocycles. The highest BCUT2D eigenvalue weighted by Gasteiger charge is 2.28. The molecule has 0 aromatic heterocycles. The zero-order valence-electron chi connectivity index (χ0n) is 13.1. The van der Waals surface area contributed by atoms with Crippen molar-refractivity contribution in [3.05, 3.63) is 35.4 Å². The molecule has 1 rings (SSSR count). The summed E-state index contributed by atoms with van der Waals surface area (Å²) in [4.78, 5) is 12.2. The van der Waals surface area contributed by atoms with Gasteiger partial charge in [-0.25, -0.2) is 0 Å². The van der Waals surface area contributed by atoms with Gasteiger partial charge in [-0.05, 0) is 36.0 Å². The van der Waals surface area contributed by atoms with E-state index in [1.54, 1.807) is 0 Å². The normalized spacial score (nSPS) is 11.8. The van der Waals surface area contributed by atoms with Crippen molar-refractivity contribution < 1.29 is 4.79 Å². The summed E-state index contributed by atoms with van der Waals surface area (Å²) in [5, 5.41) is 12.1. The van der Waals surface area contributed by atoms with Crippen LogP contribution in [-0.2, 0) is 5.41 Å². The molecule has 3 nitrogen and oxygen atoms in total. The van der Waals surface area contributed by atoms with E-state index in [0.717, 1.165) is 0 Å². The molecule has 0 atom stereocenters. The largest absolute Gasteiger partial charge is 0.334 e. The Kier molecular flexibility index (Phi) is 4.94. The number of benzene rings is 1. The Balaban J connectivity index is 2.92. The maximum atomic E-state index is 12.2. The van der Waals surface area contributed by atoms with Gasteiger partial charge in [0, 0.05) is 5.56 Å². The summed E-state index contributed by atoms with van der Waals surface area (Å²) in [6, 6.07) is 9.81. The van der Waals surface area contributed by atoms with Crippen LogP contribution in [0.2, 0.25) is 0 Å². The molecule has 0 bridgehead atoms. The number of nitrogens with one attached hydrogen (secondary N) is 1. The zero-order valence-corrected chi connectivity index (χ0v) is 13.1. The molecule has 1 aromatic rings. The molecule has 0 fully saturated rings. The van der Waals surface area contributed by atoms with Gasteiger partial charge in [0.05, 0.1) is 6.07 Å². The van der Waals surface area contributed by atoms with Crippen LogP contribution in [0, 0.1) is 11.3 Å². The van der Waals surface area contributed by atoms with Gasteiger partial charge < -0.3 is 5.32 Å². The Morgan fingerprint density at radius 1 is 1.15 bits per heavy atom. The SMILES string of the molecule is CCC(C#N)(CC)NC(=O)c1ccc(C(C)(C)C)cc1. The third kappa shape index (κ3) is 3.60. The van der Waals surface area contributed by atoms with Crippen LogP contribution in [0.25, 0.3) is 0 Å². The lowest BCUT2D eigenvalue weighted by Gasteiger charge is -2.25. The van der Waals surface area contributed by atoms with Gasteiger partial charge in [0.1, 0.15) is 5.54 Å². The van der Waals surface area contributed by atoms with Gasteiger partial charge in [-0.1, -0.05) is 46.8 Å². The van der Waals surface area contributed by atoms with E-state index in [1.807, 2.05) is 38.1 Å². The Labute approximate surface area is 122 Å². The first-order valence-electron chi connectivity index (χ1n) is 7.12. The predicted molar refractivity (Wildman–Crippen MR) is 81.5 cm³/mol. The second kappa shape index (κ2) is 6.09. The van der Waals surface area contributed by atoms with Crippen molar-refractivity contribution >= 4 is 5.91 Å². The van der Waals surface area contributed by atoms with Gasteiger partial charge in [-0.2, -0.15) is 5.26 Å². The van der Waals surface area contributed by atoms with E-state index in [2.05, 4.69) is 32.2 Å². The van der Waals surface area contributed by atoms with Gasteiger partial charge in [0.15, 0.2) is 0 Å². The van der Waals surface area contributed by atoms with Crippen LogP contribution in [0.4, 0.5) is 0 Å². The highest BCUT2D eigenvalue weighted by molar-refractivity contribution is 5.95. The summed E-state index contributed by atoms with van der Waals surface area (Å²) >= 11 is 0. The molecule has 0 spiro atoms. The predicted octanol–water partition coefficient (Wildman–Crippen LogP) is 3.80. The molecule has 0 aliphatic carbocycles. The second-order valence-corrected chi connectivity index (χ2v) is 6.18. The molecule has 1 amide bonds. The topological polar surface area (TPSA) is 52.9 Å². The van der Waals surface area contributed by atoms with Crippen LogP contribution in [0.15, 0.2) is 24.3 Å². The van der Waals surface area contributed by atoms with Crippen LogP contribution < -0.4 is 5.32 Å². The lowest BCUT2D eigenvalue weighted by molar-refractivity contribution is 0.0915. The third-order valence-electron chi connectivity index (χ3n) is 3.79. The van der Waals surface area contributed by atoms with Gasteiger partial charge >= 0.3 is 0 Å². The van der Waals surface area contributed by atoms with Gasteiger partial charge in [0.25, 0.3) is 5.91 Å². The van der Waals surface area contributed by atoms with Crippen LogP contribution in [0.5, 0.6) is 0 Å². The van der Waals surface area contributed by atoms with Crippen molar-refractivity contribution in [3.8, 4) is 6.07 Å².